The van der Waals surface area contributed by atoms with Crippen molar-refractivity contribution in [2.24, 2.45) is 0 Å². The van der Waals surface area contributed by atoms with Gasteiger partial charge in [-0.05, 0) is 85.9 Å². The molecule has 1 aliphatic carbocycles. The van der Waals surface area contributed by atoms with Gasteiger partial charge in [-0.15, -0.1) is 0 Å². The fraction of sp³-hybridized carbons (Fsp3) is 0.435. The summed E-state index contributed by atoms with van der Waals surface area (Å²) in [6, 6.07) is 8.57. The number of nitrogens with one attached hydrogen (secondary N) is 1. The second-order valence-corrected chi connectivity index (χ2v) is 9.27. The van der Waals surface area contributed by atoms with Gasteiger partial charge < -0.3 is 10.4 Å². The number of amides is 1. The van der Waals surface area contributed by atoms with Gasteiger partial charge in [0.2, 0.25) is 5.91 Å². The van der Waals surface area contributed by atoms with E-state index in [1.54, 1.807) is 32.0 Å². The highest BCUT2D eigenvalue weighted by atomic mass is 35.5. The third-order valence-electron chi connectivity index (χ3n) is 5.11. The number of benzene rings is 2. The standard InChI is InChI=1S/C23H26Cl2FNO2/c1-23(2,29)7-8-27-22(28)11-16-9-14(3-6-21(16)26)10-19-18(15-4-5-15)12-17(24)13-20(19)25/h3,6,9,12-13,15,29H,4-5,7-8,10-11H2,1-2H3,(H,27,28). The van der Waals surface area contributed by atoms with Crippen molar-refractivity contribution in [1.29, 1.82) is 0 Å². The second-order valence-electron chi connectivity index (χ2n) is 8.42. The molecule has 0 saturated heterocycles. The molecule has 156 valence electrons. The van der Waals surface area contributed by atoms with Crippen molar-refractivity contribution in [3.8, 4) is 0 Å². The van der Waals surface area contributed by atoms with Crippen LogP contribution < -0.4 is 5.32 Å². The van der Waals surface area contributed by atoms with Crippen LogP contribution in [0.15, 0.2) is 30.3 Å². The molecule has 1 amide bonds. The molecule has 3 rings (SSSR count). The zero-order chi connectivity index (χ0) is 21.2. The molecule has 1 saturated carbocycles. The van der Waals surface area contributed by atoms with E-state index in [9.17, 15) is 14.3 Å². The summed E-state index contributed by atoms with van der Waals surface area (Å²) in [6.45, 7) is 3.70. The van der Waals surface area contributed by atoms with E-state index in [0.29, 0.717) is 40.9 Å². The average Bonchev–Trinajstić information content (AvgIpc) is 3.43. The number of rotatable bonds is 8. The van der Waals surface area contributed by atoms with E-state index in [0.717, 1.165) is 29.5 Å². The van der Waals surface area contributed by atoms with Crippen molar-refractivity contribution in [3.63, 3.8) is 0 Å². The van der Waals surface area contributed by atoms with Crippen LogP contribution in [0.1, 0.15) is 61.3 Å². The first-order chi connectivity index (χ1) is 13.6. The highest BCUT2D eigenvalue weighted by Crippen LogP contribution is 2.45. The molecular weight excluding hydrogens is 412 g/mol. The second kappa shape index (κ2) is 9.03. The predicted molar refractivity (Wildman–Crippen MR) is 115 cm³/mol. The minimum atomic E-state index is -0.852. The van der Waals surface area contributed by atoms with Crippen molar-refractivity contribution < 1.29 is 14.3 Å². The molecule has 0 heterocycles. The molecule has 29 heavy (non-hydrogen) atoms. The van der Waals surface area contributed by atoms with Gasteiger partial charge in [0, 0.05) is 16.6 Å². The van der Waals surface area contributed by atoms with Gasteiger partial charge in [0.15, 0.2) is 0 Å². The Balaban J connectivity index is 1.72. The number of hydrogen-bond acceptors (Lipinski definition) is 2. The Morgan fingerprint density at radius 1 is 1.24 bits per heavy atom. The number of carbonyl (C=O) groups excluding carboxylic acids is 1. The lowest BCUT2D eigenvalue weighted by molar-refractivity contribution is -0.120. The average molecular weight is 438 g/mol. The number of aliphatic hydroxyl groups is 1. The Morgan fingerprint density at radius 2 is 1.97 bits per heavy atom. The van der Waals surface area contributed by atoms with E-state index >= 15 is 0 Å². The summed E-state index contributed by atoms with van der Waals surface area (Å²) in [7, 11) is 0. The van der Waals surface area contributed by atoms with E-state index in [1.807, 2.05) is 6.07 Å². The van der Waals surface area contributed by atoms with Crippen LogP contribution in [0.2, 0.25) is 10.0 Å². The zero-order valence-corrected chi connectivity index (χ0v) is 18.2. The van der Waals surface area contributed by atoms with Crippen LogP contribution in [0.4, 0.5) is 4.39 Å². The van der Waals surface area contributed by atoms with Gasteiger partial charge in [-0.2, -0.15) is 0 Å². The van der Waals surface area contributed by atoms with Gasteiger partial charge in [-0.25, -0.2) is 4.39 Å². The summed E-state index contributed by atoms with van der Waals surface area (Å²) < 4.78 is 14.3. The molecular formula is C23H26Cl2FNO2. The van der Waals surface area contributed by atoms with Crippen molar-refractivity contribution in [2.75, 3.05) is 6.54 Å². The largest absolute Gasteiger partial charge is 0.390 e. The first kappa shape index (κ1) is 22.1. The fourth-order valence-electron chi connectivity index (χ4n) is 3.39. The van der Waals surface area contributed by atoms with E-state index in [4.69, 9.17) is 23.2 Å². The molecule has 0 spiro atoms. The Morgan fingerprint density at radius 3 is 2.62 bits per heavy atom. The molecule has 3 nitrogen and oxygen atoms in total. The first-order valence-corrected chi connectivity index (χ1v) is 10.6. The lowest BCUT2D eigenvalue weighted by Crippen LogP contribution is -2.31. The number of halogens is 3. The van der Waals surface area contributed by atoms with Crippen LogP contribution in [0.5, 0.6) is 0 Å². The van der Waals surface area contributed by atoms with Crippen LogP contribution in [-0.2, 0) is 17.6 Å². The molecule has 1 aliphatic rings. The summed E-state index contributed by atoms with van der Waals surface area (Å²) in [5.74, 6) is -0.188. The van der Waals surface area contributed by atoms with Crippen molar-refractivity contribution >= 4 is 29.1 Å². The van der Waals surface area contributed by atoms with Gasteiger partial charge in [0.25, 0.3) is 0 Å². The molecule has 0 aliphatic heterocycles. The molecule has 0 bridgehead atoms. The molecule has 2 aromatic carbocycles. The summed E-state index contributed by atoms with van der Waals surface area (Å²) in [4.78, 5) is 12.2. The van der Waals surface area contributed by atoms with Gasteiger partial charge >= 0.3 is 0 Å². The third-order valence-corrected chi connectivity index (χ3v) is 5.67. The number of hydrogen-bond donors (Lipinski definition) is 2. The van der Waals surface area contributed by atoms with Crippen LogP contribution in [0.3, 0.4) is 0 Å². The molecule has 6 heteroatoms. The van der Waals surface area contributed by atoms with E-state index in [-0.39, 0.29) is 12.3 Å². The monoisotopic (exact) mass is 437 g/mol. The predicted octanol–water partition coefficient (Wildman–Crippen LogP) is 5.42. The molecule has 0 radical (unpaired) electrons. The van der Waals surface area contributed by atoms with Crippen LogP contribution in [0.25, 0.3) is 0 Å². The molecule has 2 N–H and O–H groups in total. The van der Waals surface area contributed by atoms with Gasteiger partial charge in [0.1, 0.15) is 5.82 Å². The Labute approximate surface area is 181 Å². The van der Waals surface area contributed by atoms with Crippen LogP contribution >= 0.6 is 23.2 Å². The van der Waals surface area contributed by atoms with E-state index < -0.39 is 11.4 Å². The molecule has 0 aromatic heterocycles. The maximum absolute atomic E-state index is 14.3. The van der Waals surface area contributed by atoms with E-state index in [2.05, 4.69) is 5.32 Å². The van der Waals surface area contributed by atoms with E-state index in [1.165, 1.54) is 6.07 Å². The zero-order valence-electron chi connectivity index (χ0n) is 16.7. The third kappa shape index (κ3) is 6.43. The summed E-state index contributed by atoms with van der Waals surface area (Å²) in [6.07, 6.45) is 3.21. The maximum atomic E-state index is 14.3. The molecule has 1 fully saturated rings. The molecule has 2 aromatic rings. The van der Waals surface area contributed by atoms with Gasteiger partial charge in [-0.1, -0.05) is 35.3 Å². The SMILES string of the molecule is CC(C)(O)CCNC(=O)Cc1cc(Cc2c(Cl)cc(Cl)cc2C2CC2)ccc1F. The first-order valence-electron chi connectivity index (χ1n) is 9.86. The quantitative estimate of drug-likeness (QED) is 0.578. The van der Waals surface area contributed by atoms with Crippen LogP contribution in [-0.4, -0.2) is 23.2 Å². The van der Waals surface area contributed by atoms with Crippen molar-refractivity contribution in [3.05, 3.63) is 68.4 Å². The fourth-order valence-corrected chi connectivity index (χ4v) is 3.97. The van der Waals surface area contributed by atoms with Crippen molar-refractivity contribution in [2.45, 2.75) is 57.5 Å². The normalized spacial score (nSPS) is 14.1. The summed E-state index contributed by atoms with van der Waals surface area (Å²) >= 11 is 12.6. The van der Waals surface area contributed by atoms with Crippen molar-refractivity contribution in [1.82, 2.24) is 5.32 Å². The minimum absolute atomic E-state index is 0.0463. The lowest BCUT2D eigenvalue weighted by Gasteiger charge is -2.17. The summed E-state index contributed by atoms with van der Waals surface area (Å²) in [5.41, 5.74) is 2.58. The number of carbonyl (C=O) groups is 1. The highest BCUT2D eigenvalue weighted by Gasteiger charge is 2.27. The molecule has 0 atom stereocenters. The highest BCUT2D eigenvalue weighted by molar-refractivity contribution is 6.35. The Hall–Kier alpha value is -1.62. The maximum Gasteiger partial charge on any atom is 0.224 e. The summed E-state index contributed by atoms with van der Waals surface area (Å²) in [5, 5.41) is 13.7. The Kier molecular flexibility index (Phi) is 6.87. The topological polar surface area (TPSA) is 49.3 Å². The van der Waals surface area contributed by atoms with Gasteiger partial charge in [0.05, 0.1) is 12.0 Å². The Bertz CT molecular complexity index is 904. The molecule has 0 unspecified atom stereocenters. The smallest absolute Gasteiger partial charge is 0.224 e. The van der Waals surface area contributed by atoms with Crippen LogP contribution in [0, 0.1) is 5.82 Å². The van der Waals surface area contributed by atoms with Gasteiger partial charge in [-0.3, -0.25) is 4.79 Å². The lowest BCUT2D eigenvalue weighted by atomic mass is 9.95. The minimum Gasteiger partial charge on any atom is -0.390 e.